The molecule has 9 heteroatoms. The molecule has 1 aliphatic carbocycles. The number of amides is 1. The summed E-state index contributed by atoms with van der Waals surface area (Å²) < 4.78 is 29.4. The van der Waals surface area contributed by atoms with Gasteiger partial charge in [-0.25, -0.2) is 8.78 Å². The minimum atomic E-state index is -2.78. The van der Waals surface area contributed by atoms with E-state index in [2.05, 4.69) is 33.7 Å². The summed E-state index contributed by atoms with van der Waals surface area (Å²) in [7, 11) is 0. The van der Waals surface area contributed by atoms with Crippen LogP contribution >= 0.6 is 11.6 Å². The van der Waals surface area contributed by atoms with Crippen molar-refractivity contribution in [2.24, 2.45) is 0 Å². The summed E-state index contributed by atoms with van der Waals surface area (Å²) in [4.78, 5) is 12.6. The average molecular weight is 456 g/mol. The first kappa shape index (κ1) is 20.6. The molecule has 164 valence electrons. The van der Waals surface area contributed by atoms with Gasteiger partial charge in [0.05, 0.1) is 17.3 Å². The van der Waals surface area contributed by atoms with E-state index in [9.17, 15) is 13.6 Å². The molecule has 1 saturated carbocycles. The molecule has 2 aromatic carbocycles. The normalized spacial score (nSPS) is 13.8. The number of carbonyl (C=O) groups is 1. The quantitative estimate of drug-likeness (QED) is 0.406. The number of anilines is 1. The number of nitrogens with one attached hydrogen (secondary N) is 1. The third-order valence-corrected chi connectivity index (χ3v) is 5.93. The second-order valence-corrected chi connectivity index (χ2v) is 8.28. The van der Waals surface area contributed by atoms with Crippen molar-refractivity contribution < 1.29 is 13.6 Å². The summed E-state index contributed by atoms with van der Waals surface area (Å²) in [5.41, 5.74) is 1.16. The van der Waals surface area contributed by atoms with Crippen molar-refractivity contribution in [3.63, 3.8) is 0 Å². The highest BCUT2D eigenvalue weighted by Crippen LogP contribution is 2.45. The van der Waals surface area contributed by atoms with Crippen LogP contribution in [-0.4, -0.2) is 25.5 Å². The van der Waals surface area contributed by atoms with Crippen molar-refractivity contribution in [3.8, 4) is 0 Å². The van der Waals surface area contributed by atoms with Crippen molar-refractivity contribution in [2.45, 2.75) is 38.3 Å². The number of halogens is 3. The lowest BCUT2D eigenvalue weighted by Crippen LogP contribution is -2.21. The third-order valence-electron chi connectivity index (χ3n) is 5.54. The van der Waals surface area contributed by atoms with Crippen LogP contribution in [0.5, 0.6) is 0 Å². The molecule has 0 radical (unpaired) electrons. The van der Waals surface area contributed by atoms with E-state index in [1.165, 1.54) is 4.68 Å². The summed E-state index contributed by atoms with van der Waals surface area (Å²) in [6.45, 7) is 0.351. The Morgan fingerprint density at radius 3 is 2.69 bits per heavy atom. The van der Waals surface area contributed by atoms with Crippen molar-refractivity contribution in [1.82, 2.24) is 19.6 Å². The maximum atomic E-state index is 13.2. The van der Waals surface area contributed by atoms with Gasteiger partial charge in [0.1, 0.15) is 12.2 Å². The molecule has 0 spiro atoms. The van der Waals surface area contributed by atoms with E-state index >= 15 is 0 Å². The minimum absolute atomic E-state index is 0.0327. The number of rotatable bonds is 7. The smallest absolute Gasteiger partial charge is 0.283 e. The average Bonchev–Trinajstić information content (AvgIpc) is 3.42. The monoisotopic (exact) mass is 455 g/mol. The zero-order valence-electron chi connectivity index (χ0n) is 17.0. The standard InChI is InChI=1S/C23H20ClF2N5O/c24-20-21(23(25)26)29-31(22(20)15-8-9-15)13-19(32)27-18-10-11-30(28-18)12-16-6-3-5-14-4-1-2-7-17(14)16/h1-7,10-11,15,23H,8-9,12-13H2,(H,27,28,32). The van der Waals surface area contributed by atoms with Crippen LogP contribution in [0.25, 0.3) is 10.8 Å². The zero-order chi connectivity index (χ0) is 22.2. The van der Waals surface area contributed by atoms with Crippen LogP contribution in [0, 0.1) is 0 Å². The van der Waals surface area contributed by atoms with E-state index in [4.69, 9.17) is 11.6 Å². The van der Waals surface area contributed by atoms with Gasteiger partial charge in [-0.2, -0.15) is 10.2 Å². The fourth-order valence-electron chi connectivity index (χ4n) is 3.92. The Labute approximate surface area is 187 Å². The Bertz CT molecular complexity index is 1290. The van der Waals surface area contributed by atoms with E-state index in [1.54, 1.807) is 16.9 Å². The molecule has 4 aromatic rings. The van der Waals surface area contributed by atoms with E-state index in [0.717, 1.165) is 29.2 Å². The van der Waals surface area contributed by atoms with Gasteiger partial charge in [-0.05, 0) is 29.2 Å². The van der Waals surface area contributed by atoms with E-state index in [0.29, 0.717) is 18.1 Å². The Balaban J connectivity index is 1.29. The molecule has 32 heavy (non-hydrogen) atoms. The van der Waals surface area contributed by atoms with Crippen molar-refractivity contribution >= 4 is 34.1 Å². The summed E-state index contributed by atoms with van der Waals surface area (Å²) in [5, 5.41) is 13.3. The van der Waals surface area contributed by atoms with Gasteiger partial charge >= 0.3 is 0 Å². The molecule has 0 bridgehead atoms. The molecular formula is C23H20ClF2N5O. The Morgan fingerprint density at radius 1 is 1.12 bits per heavy atom. The molecule has 1 fully saturated rings. The van der Waals surface area contributed by atoms with Gasteiger partial charge in [0, 0.05) is 18.2 Å². The van der Waals surface area contributed by atoms with Crippen LogP contribution < -0.4 is 5.32 Å². The molecule has 1 N–H and O–H groups in total. The van der Waals surface area contributed by atoms with E-state index < -0.39 is 18.0 Å². The van der Waals surface area contributed by atoms with Crippen LogP contribution in [0.4, 0.5) is 14.6 Å². The van der Waals surface area contributed by atoms with Gasteiger partial charge in [0.2, 0.25) is 5.91 Å². The van der Waals surface area contributed by atoms with Gasteiger partial charge < -0.3 is 5.32 Å². The second kappa shape index (κ2) is 8.35. The first-order valence-electron chi connectivity index (χ1n) is 10.3. The molecule has 0 unspecified atom stereocenters. The molecule has 0 atom stereocenters. The number of hydrogen-bond donors (Lipinski definition) is 1. The number of nitrogens with zero attached hydrogens (tertiary/aromatic N) is 4. The van der Waals surface area contributed by atoms with Crippen LogP contribution in [0.3, 0.4) is 0 Å². The van der Waals surface area contributed by atoms with Gasteiger partial charge in [0.15, 0.2) is 5.82 Å². The SMILES string of the molecule is O=C(Cn1nc(C(F)F)c(Cl)c1C1CC1)Nc1ccn(Cc2cccc3ccccc23)n1. The lowest BCUT2D eigenvalue weighted by Gasteiger charge is -2.08. The predicted molar refractivity (Wildman–Crippen MR) is 118 cm³/mol. The predicted octanol–water partition coefficient (Wildman–Crippen LogP) is 5.39. The Morgan fingerprint density at radius 2 is 1.91 bits per heavy atom. The molecule has 2 aromatic heterocycles. The topological polar surface area (TPSA) is 64.7 Å². The fraction of sp³-hybridized carbons (Fsp3) is 0.261. The van der Waals surface area contributed by atoms with Crippen molar-refractivity contribution in [2.75, 3.05) is 5.32 Å². The number of hydrogen-bond acceptors (Lipinski definition) is 3. The largest absolute Gasteiger partial charge is 0.308 e. The molecule has 0 aliphatic heterocycles. The third kappa shape index (κ3) is 4.10. The summed E-state index contributed by atoms with van der Waals surface area (Å²) in [5.74, 6) is 0.0630. The molecule has 5 rings (SSSR count). The van der Waals surface area contributed by atoms with Crippen molar-refractivity contribution in [3.05, 3.63) is 76.7 Å². The van der Waals surface area contributed by atoms with Gasteiger partial charge in [-0.3, -0.25) is 14.2 Å². The highest BCUT2D eigenvalue weighted by Gasteiger charge is 2.34. The number of alkyl halides is 2. The van der Waals surface area contributed by atoms with Gasteiger partial charge in [-0.1, -0.05) is 54.1 Å². The van der Waals surface area contributed by atoms with Crippen molar-refractivity contribution in [1.29, 1.82) is 0 Å². The molecule has 1 aliphatic rings. The maximum Gasteiger partial charge on any atom is 0.283 e. The van der Waals surface area contributed by atoms with Gasteiger partial charge in [-0.15, -0.1) is 0 Å². The fourth-order valence-corrected chi connectivity index (χ4v) is 4.29. The lowest BCUT2D eigenvalue weighted by molar-refractivity contribution is -0.117. The second-order valence-electron chi connectivity index (χ2n) is 7.90. The summed E-state index contributed by atoms with van der Waals surface area (Å²) >= 11 is 6.11. The van der Waals surface area contributed by atoms with Crippen LogP contribution in [0.15, 0.2) is 54.7 Å². The first-order chi connectivity index (χ1) is 15.5. The molecule has 6 nitrogen and oxygen atoms in total. The number of carbonyl (C=O) groups excluding carboxylic acids is 1. The summed E-state index contributed by atoms with van der Waals surface area (Å²) in [6, 6.07) is 15.9. The molecule has 1 amide bonds. The van der Waals surface area contributed by atoms with E-state index in [1.807, 2.05) is 24.3 Å². The maximum absolute atomic E-state index is 13.2. The van der Waals surface area contributed by atoms with Crippen LogP contribution in [0.1, 0.15) is 42.1 Å². The molecule has 2 heterocycles. The first-order valence-corrected chi connectivity index (χ1v) is 10.7. The lowest BCUT2D eigenvalue weighted by atomic mass is 10.0. The van der Waals surface area contributed by atoms with Crippen LogP contribution in [0.2, 0.25) is 5.02 Å². The van der Waals surface area contributed by atoms with Crippen LogP contribution in [-0.2, 0) is 17.9 Å². The molecular weight excluding hydrogens is 436 g/mol. The minimum Gasteiger partial charge on any atom is -0.308 e. The highest BCUT2D eigenvalue weighted by atomic mass is 35.5. The Kier molecular flexibility index (Phi) is 5.38. The molecule has 0 saturated heterocycles. The van der Waals surface area contributed by atoms with E-state index in [-0.39, 0.29) is 17.5 Å². The Hall–Kier alpha value is -3.26. The van der Waals surface area contributed by atoms with Gasteiger partial charge in [0.25, 0.3) is 6.43 Å². The number of aromatic nitrogens is 4. The zero-order valence-corrected chi connectivity index (χ0v) is 17.8. The summed E-state index contributed by atoms with van der Waals surface area (Å²) in [6.07, 6.45) is 0.712. The number of fused-ring (bicyclic) bond motifs is 1. The highest BCUT2D eigenvalue weighted by molar-refractivity contribution is 6.32. The number of benzene rings is 2.